The van der Waals surface area contributed by atoms with E-state index < -0.39 is 28.0 Å². The number of anilines is 1. The summed E-state index contributed by atoms with van der Waals surface area (Å²) in [5.41, 5.74) is 6.06. The second-order valence-electron chi connectivity index (χ2n) is 6.82. The van der Waals surface area contributed by atoms with Crippen LogP contribution in [-0.2, 0) is 19.6 Å². The number of carbonyl (C=O) groups is 2. The van der Waals surface area contributed by atoms with Gasteiger partial charge in [0, 0.05) is 36.9 Å². The minimum atomic E-state index is -3.61. The quantitative estimate of drug-likeness (QED) is 0.550. The second-order valence-corrected chi connectivity index (χ2v) is 9.20. The third-order valence-electron chi connectivity index (χ3n) is 4.80. The van der Waals surface area contributed by atoms with Crippen LogP contribution < -0.4 is 5.73 Å². The standard InChI is InChI=1S/C20H22ClN3O5S/c1-14(29-20(26)17-8-7-15(21)13-18(17)22)19(25)23-9-11-24(12-10-23)30(27,28)16-5-3-2-4-6-16/h2-8,13-14H,9-12,22H2,1H3. The normalized spacial score (nSPS) is 16.1. The molecule has 8 nitrogen and oxygen atoms in total. The number of sulfonamides is 1. The Bertz CT molecular complexity index is 1040. The van der Waals surface area contributed by atoms with Crippen molar-refractivity contribution in [3.05, 3.63) is 59.1 Å². The van der Waals surface area contributed by atoms with E-state index in [2.05, 4.69) is 0 Å². The maximum absolute atomic E-state index is 12.7. The molecule has 0 aromatic heterocycles. The Labute approximate surface area is 180 Å². The molecule has 0 aliphatic carbocycles. The van der Waals surface area contributed by atoms with Gasteiger partial charge in [0.05, 0.1) is 10.5 Å². The lowest BCUT2D eigenvalue weighted by Crippen LogP contribution is -2.52. The van der Waals surface area contributed by atoms with Crippen molar-refractivity contribution in [3.8, 4) is 0 Å². The van der Waals surface area contributed by atoms with Gasteiger partial charge in [-0.15, -0.1) is 0 Å². The van der Waals surface area contributed by atoms with E-state index in [-0.39, 0.29) is 42.3 Å². The highest BCUT2D eigenvalue weighted by Crippen LogP contribution is 2.20. The first-order valence-electron chi connectivity index (χ1n) is 9.30. The summed E-state index contributed by atoms with van der Waals surface area (Å²) in [4.78, 5) is 26.7. The molecule has 2 aromatic carbocycles. The number of nitrogens with zero attached hydrogens (tertiary/aromatic N) is 2. The lowest BCUT2D eigenvalue weighted by Gasteiger charge is -2.35. The second kappa shape index (κ2) is 9.03. The van der Waals surface area contributed by atoms with Crippen LogP contribution in [0, 0.1) is 0 Å². The molecule has 1 saturated heterocycles. The van der Waals surface area contributed by atoms with Crippen molar-refractivity contribution in [1.82, 2.24) is 9.21 Å². The predicted molar refractivity (Wildman–Crippen MR) is 113 cm³/mol. The maximum Gasteiger partial charge on any atom is 0.341 e. The fourth-order valence-corrected chi connectivity index (χ4v) is 4.77. The molecule has 1 aliphatic rings. The van der Waals surface area contributed by atoms with Crippen LogP contribution in [0.25, 0.3) is 0 Å². The van der Waals surface area contributed by atoms with Gasteiger partial charge in [-0.2, -0.15) is 4.31 Å². The molecule has 1 fully saturated rings. The molecule has 1 heterocycles. The Kier molecular flexibility index (Phi) is 6.64. The highest BCUT2D eigenvalue weighted by Gasteiger charge is 2.32. The van der Waals surface area contributed by atoms with Gasteiger partial charge < -0.3 is 15.4 Å². The SMILES string of the molecule is CC(OC(=O)c1ccc(Cl)cc1N)C(=O)N1CCN(S(=O)(=O)c2ccccc2)CC1. The summed E-state index contributed by atoms with van der Waals surface area (Å²) in [7, 11) is -3.61. The average molecular weight is 452 g/mol. The molecular weight excluding hydrogens is 430 g/mol. The molecule has 0 radical (unpaired) electrons. The van der Waals surface area contributed by atoms with E-state index in [0.717, 1.165) is 0 Å². The molecular formula is C20H22ClN3O5S. The van der Waals surface area contributed by atoms with Crippen LogP contribution in [0.1, 0.15) is 17.3 Å². The first-order valence-corrected chi connectivity index (χ1v) is 11.1. The van der Waals surface area contributed by atoms with Crippen LogP contribution in [-0.4, -0.2) is 61.8 Å². The number of halogens is 1. The molecule has 1 unspecified atom stereocenters. The summed E-state index contributed by atoms with van der Waals surface area (Å²) in [6.07, 6.45) is -1.04. The number of nitrogens with two attached hydrogens (primary N) is 1. The van der Waals surface area contributed by atoms with Crippen molar-refractivity contribution < 1.29 is 22.7 Å². The zero-order valence-electron chi connectivity index (χ0n) is 16.3. The smallest absolute Gasteiger partial charge is 0.341 e. The Balaban J connectivity index is 1.59. The van der Waals surface area contributed by atoms with Crippen LogP contribution >= 0.6 is 11.6 Å². The number of esters is 1. The molecule has 1 amide bonds. The number of benzene rings is 2. The number of rotatable bonds is 5. The Morgan fingerprint density at radius 1 is 1.07 bits per heavy atom. The van der Waals surface area contributed by atoms with E-state index in [1.807, 2.05) is 0 Å². The number of amides is 1. The first kappa shape index (κ1) is 22.1. The van der Waals surface area contributed by atoms with Crippen LogP contribution in [0.2, 0.25) is 5.02 Å². The van der Waals surface area contributed by atoms with Crippen molar-refractivity contribution in [3.63, 3.8) is 0 Å². The van der Waals surface area contributed by atoms with E-state index >= 15 is 0 Å². The molecule has 10 heteroatoms. The largest absolute Gasteiger partial charge is 0.449 e. The monoisotopic (exact) mass is 451 g/mol. The highest BCUT2D eigenvalue weighted by atomic mass is 35.5. The van der Waals surface area contributed by atoms with Gasteiger partial charge in [-0.1, -0.05) is 29.8 Å². The van der Waals surface area contributed by atoms with Crippen molar-refractivity contribution in [2.75, 3.05) is 31.9 Å². The van der Waals surface area contributed by atoms with E-state index in [1.165, 1.54) is 46.5 Å². The first-order chi connectivity index (χ1) is 14.2. The Morgan fingerprint density at radius 2 is 1.70 bits per heavy atom. The fraction of sp³-hybridized carbons (Fsp3) is 0.300. The summed E-state index contributed by atoms with van der Waals surface area (Å²) >= 11 is 5.82. The molecule has 1 aliphatic heterocycles. The number of carbonyl (C=O) groups excluding carboxylic acids is 2. The van der Waals surface area contributed by atoms with Gasteiger partial charge in [0.15, 0.2) is 6.10 Å². The predicted octanol–water partition coefficient (Wildman–Crippen LogP) is 2.00. The molecule has 2 aromatic rings. The van der Waals surface area contributed by atoms with Gasteiger partial charge in [0.2, 0.25) is 10.0 Å². The summed E-state index contributed by atoms with van der Waals surface area (Å²) in [6.45, 7) is 2.20. The molecule has 0 saturated carbocycles. The molecule has 3 rings (SSSR count). The van der Waals surface area contributed by atoms with Crippen molar-refractivity contribution in [2.24, 2.45) is 0 Å². The van der Waals surface area contributed by atoms with Crippen molar-refractivity contribution in [2.45, 2.75) is 17.9 Å². The number of hydrogen-bond donors (Lipinski definition) is 1. The van der Waals surface area contributed by atoms with E-state index in [0.29, 0.717) is 5.02 Å². The zero-order chi connectivity index (χ0) is 21.9. The number of piperazine rings is 1. The summed E-state index contributed by atoms with van der Waals surface area (Å²) in [6, 6.07) is 12.5. The van der Waals surface area contributed by atoms with E-state index in [4.69, 9.17) is 22.1 Å². The van der Waals surface area contributed by atoms with Gasteiger partial charge in [-0.05, 0) is 37.3 Å². The van der Waals surface area contributed by atoms with Crippen molar-refractivity contribution >= 4 is 39.2 Å². The highest BCUT2D eigenvalue weighted by molar-refractivity contribution is 7.89. The molecule has 0 bridgehead atoms. The summed E-state index contributed by atoms with van der Waals surface area (Å²) < 4.78 is 32.0. The van der Waals surface area contributed by atoms with Crippen LogP contribution in [0.5, 0.6) is 0 Å². The summed E-state index contributed by atoms with van der Waals surface area (Å²) in [5, 5.41) is 0.386. The zero-order valence-corrected chi connectivity index (χ0v) is 17.9. The molecule has 0 spiro atoms. The van der Waals surface area contributed by atoms with Gasteiger partial charge in [0.1, 0.15) is 0 Å². The van der Waals surface area contributed by atoms with Gasteiger partial charge in [-0.25, -0.2) is 13.2 Å². The minimum Gasteiger partial charge on any atom is -0.449 e. The maximum atomic E-state index is 12.7. The lowest BCUT2D eigenvalue weighted by molar-refractivity contribution is -0.141. The number of hydrogen-bond acceptors (Lipinski definition) is 6. The van der Waals surface area contributed by atoms with E-state index in [9.17, 15) is 18.0 Å². The summed E-state index contributed by atoms with van der Waals surface area (Å²) in [5.74, 6) is -1.12. The molecule has 2 N–H and O–H groups in total. The minimum absolute atomic E-state index is 0.123. The van der Waals surface area contributed by atoms with E-state index in [1.54, 1.807) is 18.2 Å². The number of ether oxygens (including phenoxy) is 1. The topological polar surface area (TPSA) is 110 Å². The molecule has 30 heavy (non-hydrogen) atoms. The fourth-order valence-electron chi connectivity index (χ4n) is 3.14. The molecule has 1 atom stereocenters. The van der Waals surface area contributed by atoms with Gasteiger partial charge >= 0.3 is 5.97 Å². The lowest BCUT2D eigenvalue weighted by atomic mass is 10.2. The average Bonchev–Trinajstić information content (AvgIpc) is 2.73. The number of nitrogen functional groups attached to an aromatic ring is 1. The van der Waals surface area contributed by atoms with Crippen LogP contribution in [0.15, 0.2) is 53.4 Å². The van der Waals surface area contributed by atoms with Gasteiger partial charge in [0.25, 0.3) is 5.91 Å². The third kappa shape index (κ3) is 4.75. The Hall–Kier alpha value is -2.62. The van der Waals surface area contributed by atoms with Gasteiger partial charge in [-0.3, -0.25) is 4.79 Å². The van der Waals surface area contributed by atoms with Crippen molar-refractivity contribution in [1.29, 1.82) is 0 Å². The van der Waals surface area contributed by atoms with Crippen LogP contribution in [0.4, 0.5) is 5.69 Å². The Morgan fingerprint density at radius 3 is 2.30 bits per heavy atom. The van der Waals surface area contributed by atoms with Crippen LogP contribution in [0.3, 0.4) is 0 Å². The third-order valence-corrected chi connectivity index (χ3v) is 6.94. The molecule has 160 valence electrons.